The van der Waals surface area contributed by atoms with Crippen LogP contribution in [0.4, 0.5) is 0 Å². The molecule has 7 nitrogen and oxygen atoms in total. The first kappa shape index (κ1) is 20.5. The van der Waals surface area contributed by atoms with E-state index < -0.39 is 9.84 Å². The molecule has 1 aliphatic heterocycles. The molecule has 1 aromatic carbocycles. The minimum Gasteiger partial charge on any atom is -0.334 e. The van der Waals surface area contributed by atoms with E-state index in [2.05, 4.69) is 9.97 Å². The lowest BCUT2D eigenvalue weighted by Crippen LogP contribution is -2.37. The van der Waals surface area contributed by atoms with E-state index >= 15 is 0 Å². The molecular weight excluding hydrogens is 400 g/mol. The van der Waals surface area contributed by atoms with Gasteiger partial charge in [-0.25, -0.2) is 13.4 Å². The van der Waals surface area contributed by atoms with E-state index in [1.165, 1.54) is 6.26 Å². The first-order valence-corrected chi connectivity index (χ1v) is 12.3. The van der Waals surface area contributed by atoms with Crippen molar-refractivity contribution < 1.29 is 13.2 Å². The van der Waals surface area contributed by atoms with Gasteiger partial charge in [0.1, 0.15) is 18.1 Å². The van der Waals surface area contributed by atoms with E-state index in [0.29, 0.717) is 17.9 Å². The molecule has 1 aliphatic rings. The second-order valence-electron chi connectivity index (χ2n) is 7.91. The fraction of sp³-hybridized carbons (Fsp3) is 0.409. The lowest BCUT2D eigenvalue weighted by atomic mass is 10.0. The van der Waals surface area contributed by atoms with E-state index in [-0.39, 0.29) is 24.2 Å². The zero-order valence-corrected chi connectivity index (χ0v) is 17.9. The van der Waals surface area contributed by atoms with Gasteiger partial charge in [-0.3, -0.25) is 9.78 Å². The highest BCUT2D eigenvalue weighted by Gasteiger charge is 2.28. The second kappa shape index (κ2) is 8.55. The Bertz CT molecular complexity index is 1140. The van der Waals surface area contributed by atoms with Crippen LogP contribution in [0.5, 0.6) is 0 Å². The van der Waals surface area contributed by atoms with Gasteiger partial charge in [0.25, 0.3) is 0 Å². The molecule has 0 bridgehead atoms. The lowest BCUT2D eigenvalue weighted by molar-refractivity contribution is -0.134. The molecule has 0 aliphatic carbocycles. The third kappa shape index (κ3) is 4.53. The van der Waals surface area contributed by atoms with Gasteiger partial charge in [0, 0.05) is 25.2 Å². The Hall–Kier alpha value is -2.74. The van der Waals surface area contributed by atoms with Crippen molar-refractivity contribution in [3.8, 4) is 0 Å². The standard InChI is InChI=1S/C22H26N4O3S/c1-30(28,29)16-21-24-18-7-4-5-9-20(18)26(21)15-22(27)25-14-6-2-3-8-19(25)17-10-12-23-13-11-17/h4-5,7,9-13,19H,2-3,6,8,14-16H2,1H3. The van der Waals surface area contributed by atoms with E-state index in [0.717, 1.165) is 36.8 Å². The van der Waals surface area contributed by atoms with Gasteiger partial charge in [-0.15, -0.1) is 0 Å². The molecule has 0 N–H and O–H groups in total. The Balaban J connectivity index is 1.68. The van der Waals surface area contributed by atoms with Gasteiger partial charge in [0.2, 0.25) is 5.91 Å². The fourth-order valence-corrected chi connectivity index (χ4v) is 4.90. The molecular formula is C22H26N4O3S. The molecule has 8 heteroatoms. The summed E-state index contributed by atoms with van der Waals surface area (Å²) in [5, 5.41) is 0. The molecule has 0 spiro atoms. The largest absolute Gasteiger partial charge is 0.334 e. The predicted octanol–water partition coefficient (Wildman–Crippen LogP) is 3.12. The number of imidazole rings is 1. The van der Waals surface area contributed by atoms with Crippen molar-refractivity contribution in [3.05, 3.63) is 60.2 Å². The molecule has 3 aromatic rings. The zero-order chi connectivity index (χ0) is 21.1. The number of fused-ring (bicyclic) bond motifs is 1. The Labute approximate surface area is 176 Å². The molecule has 1 fully saturated rings. The van der Waals surface area contributed by atoms with Gasteiger partial charge in [-0.05, 0) is 42.7 Å². The van der Waals surface area contributed by atoms with E-state index in [4.69, 9.17) is 0 Å². The molecule has 30 heavy (non-hydrogen) atoms. The van der Waals surface area contributed by atoms with Crippen molar-refractivity contribution >= 4 is 26.8 Å². The quantitative estimate of drug-likeness (QED) is 0.626. The highest BCUT2D eigenvalue weighted by molar-refractivity contribution is 7.89. The summed E-state index contributed by atoms with van der Waals surface area (Å²) in [5.41, 5.74) is 2.57. The lowest BCUT2D eigenvalue weighted by Gasteiger charge is -2.31. The van der Waals surface area contributed by atoms with Gasteiger partial charge in [0.05, 0.1) is 17.1 Å². The van der Waals surface area contributed by atoms with Crippen LogP contribution in [0.25, 0.3) is 11.0 Å². The van der Waals surface area contributed by atoms with Crippen molar-refractivity contribution in [3.63, 3.8) is 0 Å². The number of hydrogen-bond acceptors (Lipinski definition) is 5. The average molecular weight is 427 g/mol. The van der Waals surface area contributed by atoms with E-state index in [1.54, 1.807) is 17.0 Å². The number of benzene rings is 1. The SMILES string of the molecule is CS(=O)(=O)Cc1nc2ccccc2n1CC(=O)N1CCCCCC1c1ccncc1. The van der Waals surface area contributed by atoms with Crippen LogP contribution in [0, 0.1) is 0 Å². The van der Waals surface area contributed by atoms with Crippen molar-refractivity contribution in [1.29, 1.82) is 0 Å². The summed E-state index contributed by atoms with van der Waals surface area (Å²) in [6.07, 6.45) is 8.76. The van der Waals surface area contributed by atoms with Crippen LogP contribution in [-0.2, 0) is 26.9 Å². The number of amides is 1. The summed E-state index contributed by atoms with van der Waals surface area (Å²) in [5.74, 6) is 0.196. The third-order valence-corrected chi connectivity index (χ3v) is 6.36. The summed E-state index contributed by atoms with van der Waals surface area (Å²) in [6.45, 7) is 0.771. The number of aromatic nitrogens is 3. The van der Waals surface area contributed by atoms with E-state index in [9.17, 15) is 13.2 Å². The molecule has 1 amide bonds. The number of sulfone groups is 1. The number of nitrogens with zero attached hydrogens (tertiary/aromatic N) is 4. The summed E-state index contributed by atoms with van der Waals surface area (Å²) in [6, 6.07) is 11.4. The van der Waals surface area contributed by atoms with Gasteiger partial charge in [-0.1, -0.05) is 25.0 Å². The van der Waals surface area contributed by atoms with Gasteiger partial charge >= 0.3 is 0 Å². The topological polar surface area (TPSA) is 85.2 Å². The Kier molecular flexibility index (Phi) is 5.85. The molecule has 0 saturated carbocycles. The molecule has 1 unspecified atom stereocenters. The summed E-state index contributed by atoms with van der Waals surface area (Å²) < 4.78 is 25.6. The summed E-state index contributed by atoms with van der Waals surface area (Å²) in [7, 11) is -3.28. The Morgan fingerprint density at radius 2 is 1.87 bits per heavy atom. The maximum Gasteiger partial charge on any atom is 0.243 e. The molecule has 4 rings (SSSR count). The van der Waals surface area contributed by atoms with Crippen LogP contribution in [0.2, 0.25) is 0 Å². The fourth-order valence-electron chi connectivity index (χ4n) is 4.21. The molecule has 1 saturated heterocycles. The van der Waals surface area contributed by atoms with Crippen LogP contribution in [0.3, 0.4) is 0 Å². The molecule has 0 radical (unpaired) electrons. The van der Waals surface area contributed by atoms with Gasteiger partial charge < -0.3 is 9.47 Å². The Morgan fingerprint density at radius 1 is 1.10 bits per heavy atom. The zero-order valence-electron chi connectivity index (χ0n) is 17.1. The smallest absolute Gasteiger partial charge is 0.243 e. The first-order chi connectivity index (χ1) is 14.4. The number of rotatable bonds is 5. The van der Waals surface area contributed by atoms with Crippen LogP contribution in [-0.4, -0.2) is 46.6 Å². The summed E-state index contributed by atoms with van der Waals surface area (Å²) in [4.78, 5) is 24.0. The third-order valence-electron chi connectivity index (χ3n) is 5.58. The number of hydrogen-bond donors (Lipinski definition) is 0. The molecule has 1 atom stereocenters. The maximum absolute atomic E-state index is 13.5. The maximum atomic E-state index is 13.5. The van der Waals surface area contributed by atoms with Crippen molar-refractivity contribution in [2.24, 2.45) is 0 Å². The van der Waals surface area contributed by atoms with Crippen molar-refractivity contribution in [2.45, 2.75) is 44.0 Å². The highest BCUT2D eigenvalue weighted by Crippen LogP contribution is 2.30. The Morgan fingerprint density at radius 3 is 2.63 bits per heavy atom. The average Bonchev–Trinajstić information content (AvgIpc) is 2.89. The predicted molar refractivity (Wildman–Crippen MR) is 115 cm³/mol. The van der Waals surface area contributed by atoms with Crippen LogP contribution in [0.1, 0.15) is 43.1 Å². The van der Waals surface area contributed by atoms with Crippen LogP contribution >= 0.6 is 0 Å². The monoisotopic (exact) mass is 426 g/mol. The van der Waals surface area contributed by atoms with Crippen LogP contribution in [0.15, 0.2) is 48.8 Å². The number of para-hydroxylation sites is 2. The number of likely N-dealkylation sites (tertiary alicyclic amines) is 1. The normalized spacial score (nSPS) is 17.8. The number of pyridine rings is 1. The highest BCUT2D eigenvalue weighted by atomic mass is 32.2. The minimum absolute atomic E-state index is 0.0103. The summed E-state index contributed by atoms with van der Waals surface area (Å²) >= 11 is 0. The van der Waals surface area contributed by atoms with Crippen molar-refractivity contribution in [1.82, 2.24) is 19.4 Å². The first-order valence-electron chi connectivity index (χ1n) is 10.2. The number of carbonyl (C=O) groups excluding carboxylic acids is 1. The van der Waals surface area contributed by atoms with E-state index in [1.807, 2.05) is 41.3 Å². The van der Waals surface area contributed by atoms with Crippen molar-refractivity contribution in [2.75, 3.05) is 12.8 Å². The van der Waals surface area contributed by atoms with Crippen LogP contribution < -0.4 is 0 Å². The van der Waals surface area contributed by atoms with Gasteiger partial charge in [-0.2, -0.15) is 0 Å². The minimum atomic E-state index is -3.28. The number of carbonyl (C=O) groups is 1. The molecule has 158 valence electrons. The van der Waals surface area contributed by atoms with Gasteiger partial charge in [0.15, 0.2) is 9.84 Å². The molecule has 2 aromatic heterocycles. The second-order valence-corrected chi connectivity index (χ2v) is 10.0. The molecule has 3 heterocycles.